The predicted molar refractivity (Wildman–Crippen MR) is 408 cm³/mol. The molecule has 14 aromatic carbocycles. The maximum atomic E-state index is 13.9. The highest BCUT2D eigenvalue weighted by atomic mass is 16.1. The first-order valence-corrected chi connectivity index (χ1v) is 32.5. The molecular formula is C90H66N6O2. The third kappa shape index (κ3) is 13.2. The number of fused-ring (bicyclic) bond motifs is 8. The highest BCUT2D eigenvalue weighted by Crippen LogP contribution is 2.44. The molecule has 98 heavy (non-hydrogen) atoms. The Kier molecular flexibility index (Phi) is 18.8. The molecule has 0 N–H and O–H groups in total. The van der Waals surface area contributed by atoms with E-state index in [0.29, 0.717) is 55.4 Å². The second kappa shape index (κ2) is 29.0. The van der Waals surface area contributed by atoms with Crippen LogP contribution in [0.1, 0.15) is 27.8 Å². The van der Waals surface area contributed by atoms with Gasteiger partial charge in [0.2, 0.25) is 0 Å². The van der Waals surface area contributed by atoms with E-state index in [1.807, 2.05) is 164 Å². The van der Waals surface area contributed by atoms with Gasteiger partial charge in [0.1, 0.15) is 11.3 Å². The fourth-order valence-corrected chi connectivity index (χ4v) is 12.6. The van der Waals surface area contributed by atoms with Crippen molar-refractivity contribution < 1.29 is 0 Å². The molecule has 8 heteroatoms. The van der Waals surface area contributed by atoms with Crippen LogP contribution in [0, 0.1) is 45.6 Å². The minimum Gasteiger partial charge on any atom is -0.268 e. The van der Waals surface area contributed by atoms with E-state index in [1.54, 1.807) is 39.1 Å². The molecule has 0 saturated heterocycles. The van der Waals surface area contributed by atoms with Crippen LogP contribution < -0.4 is 11.1 Å². The molecule has 0 bridgehead atoms. The van der Waals surface area contributed by atoms with Crippen LogP contribution in [-0.4, -0.2) is 18.8 Å². The van der Waals surface area contributed by atoms with Crippen molar-refractivity contribution in [1.29, 1.82) is 5.26 Å². The average molecular weight is 1260 g/mol. The summed E-state index contributed by atoms with van der Waals surface area (Å²) in [6.45, 7) is 15.7. The van der Waals surface area contributed by atoms with Gasteiger partial charge in [0.15, 0.2) is 5.69 Å². The summed E-state index contributed by atoms with van der Waals surface area (Å²) in [7, 11) is 0. The summed E-state index contributed by atoms with van der Waals surface area (Å²) < 4.78 is 3.34. The molecule has 0 spiro atoms. The Balaban J connectivity index is 0.000000126. The van der Waals surface area contributed by atoms with Crippen molar-refractivity contribution in [1.82, 2.24) is 18.8 Å². The SMILES string of the molecule is Cc1ccccc1.Cc1ccccc1.Cc1ccccc1.Cc1ccccc1.N#Cc1ccc2c(c1)nc1c3ccc(-c4ccccc4)c4c(-c5ccccc5)ccc(c(=O)n21)c43.[C-]#[N+]c1ccc2nc3c4ccc(-c5ccccc5)c5c(-c6ccccc6)ccc(c(=O)n3c2c1)c54. The molecule has 0 saturated carbocycles. The topological polar surface area (TPSA) is 96.9 Å². The van der Waals surface area contributed by atoms with Crippen LogP contribution in [0.5, 0.6) is 0 Å². The van der Waals surface area contributed by atoms with Gasteiger partial charge >= 0.3 is 0 Å². The third-order valence-corrected chi connectivity index (χ3v) is 17.3. The first kappa shape index (κ1) is 63.6. The number of aromatic nitrogens is 4. The number of rotatable bonds is 4. The molecular weight excluding hydrogens is 1200 g/mol. The summed E-state index contributed by atoms with van der Waals surface area (Å²) in [4.78, 5) is 41.0. The van der Waals surface area contributed by atoms with E-state index in [4.69, 9.17) is 16.5 Å². The van der Waals surface area contributed by atoms with Crippen molar-refractivity contribution in [2.24, 2.45) is 0 Å². The smallest absolute Gasteiger partial charge is 0.264 e. The summed E-state index contributed by atoms with van der Waals surface area (Å²) in [5.41, 5.74) is 18.7. The highest BCUT2D eigenvalue weighted by molar-refractivity contribution is 6.25. The van der Waals surface area contributed by atoms with Crippen molar-refractivity contribution in [3.63, 3.8) is 0 Å². The lowest BCUT2D eigenvalue weighted by Crippen LogP contribution is -2.13. The second-order valence-electron chi connectivity index (χ2n) is 24.0. The molecule has 4 aromatic heterocycles. The third-order valence-electron chi connectivity index (χ3n) is 17.3. The van der Waals surface area contributed by atoms with Crippen LogP contribution in [-0.2, 0) is 0 Å². The minimum atomic E-state index is -0.119. The van der Waals surface area contributed by atoms with Crippen LogP contribution in [0.2, 0.25) is 0 Å². The van der Waals surface area contributed by atoms with E-state index in [2.05, 4.69) is 172 Å². The van der Waals surface area contributed by atoms with E-state index < -0.39 is 0 Å². The van der Waals surface area contributed by atoms with Crippen molar-refractivity contribution >= 4 is 82.1 Å². The van der Waals surface area contributed by atoms with Gasteiger partial charge in [0.25, 0.3) is 11.1 Å². The normalized spacial score (nSPS) is 10.7. The first-order valence-electron chi connectivity index (χ1n) is 32.5. The van der Waals surface area contributed by atoms with Gasteiger partial charge in [-0.1, -0.05) is 295 Å². The van der Waals surface area contributed by atoms with Crippen molar-refractivity contribution in [2.75, 3.05) is 0 Å². The van der Waals surface area contributed by atoms with Crippen molar-refractivity contribution in [3.05, 3.63) is 388 Å². The van der Waals surface area contributed by atoms with Crippen LogP contribution >= 0.6 is 0 Å². The lowest BCUT2D eigenvalue weighted by molar-refractivity contribution is 1.19. The molecule has 0 radical (unpaired) electrons. The molecule has 18 aromatic rings. The Morgan fingerprint density at radius 2 is 0.643 bits per heavy atom. The number of nitriles is 1. The predicted octanol–water partition coefficient (Wildman–Crippen LogP) is 22.3. The zero-order valence-corrected chi connectivity index (χ0v) is 54.7. The summed E-state index contributed by atoms with van der Waals surface area (Å²) in [5, 5.41) is 16.4. The maximum Gasteiger partial charge on any atom is 0.264 e. The molecule has 8 nitrogen and oxygen atoms in total. The van der Waals surface area contributed by atoms with Crippen LogP contribution in [0.3, 0.4) is 0 Å². The standard InChI is InChI=1S/2C31H17N3O.4C7H8/c1-32-21-12-17-26-27(18-21)34-30(33-26)24-15-13-22(19-8-4-2-5-9-19)28-23(20-10-6-3-7-11-20)14-16-25(29(24)28)31(34)35;32-18-19-11-16-27-26(17-19)33-30-24-14-12-22(20-7-3-1-4-8-20)28-23(21-9-5-2-6-10-21)13-15-25(29(24)28)31(35)34(27)30;4*1-7-5-3-2-4-6-7/h2-18H;1-17H;4*2-6H,1H3. The molecule has 0 aliphatic rings. The van der Waals surface area contributed by atoms with E-state index in [-0.39, 0.29) is 11.1 Å². The van der Waals surface area contributed by atoms with Crippen molar-refractivity contribution in [2.45, 2.75) is 27.7 Å². The summed E-state index contributed by atoms with van der Waals surface area (Å²) in [5.74, 6) is 0. The number of aryl methyl sites for hydroxylation is 4. The van der Waals surface area contributed by atoms with Gasteiger partial charge in [0.05, 0.1) is 40.3 Å². The average Bonchev–Trinajstić information content (AvgIpc) is 1.31. The number of nitrogens with zero attached hydrogens (tertiary/aromatic N) is 6. The molecule has 0 amide bonds. The Morgan fingerprint density at radius 1 is 0.327 bits per heavy atom. The van der Waals surface area contributed by atoms with E-state index in [1.165, 1.54) is 22.3 Å². The molecule has 18 rings (SSSR count). The summed E-state index contributed by atoms with van der Waals surface area (Å²) in [6, 6.07) is 111. The fourth-order valence-electron chi connectivity index (χ4n) is 12.6. The molecule has 0 atom stereocenters. The fraction of sp³-hybridized carbons (Fsp3) is 0.0444. The number of pyridine rings is 2. The monoisotopic (exact) mass is 1260 g/mol. The molecule has 0 unspecified atom stereocenters. The highest BCUT2D eigenvalue weighted by Gasteiger charge is 2.23. The quantitative estimate of drug-likeness (QED) is 0.164. The van der Waals surface area contributed by atoms with Gasteiger partial charge in [0, 0.05) is 32.3 Å². The van der Waals surface area contributed by atoms with Crippen molar-refractivity contribution in [3.8, 4) is 50.6 Å². The van der Waals surface area contributed by atoms with Gasteiger partial charge in [-0.3, -0.25) is 18.4 Å². The Hall–Kier alpha value is -13.1. The Bertz CT molecular complexity index is 5620. The van der Waals surface area contributed by atoms with Gasteiger partial charge < -0.3 is 0 Å². The second-order valence-corrected chi connectivity index (χ2v) is 24.0. The number of imidazole rings is 2. The van der Waals surface area contributed by atoms with E-state index in [0.717, 1.165) is 76.8 Å². The maximum absolute atomic E-state index is 13.9. The number of hydrogen-bond acceptors (Lipinski definition) is 5. The summed E-state index contributed by atoms with van der Waals surface area (Å²) >= 11 is 0. The van der Waals surface area contributed by atoms with E-state index >= 15 is 0 Å². The molecule has 0 aliphatic carbocycles. The molecule has 4 heterocycles. The Morgan fingerprint density at radius 3 is 0.959 bits per heavy atom. The van der Waals surface area contributed by atoms with Crippen LogP contribution in [0.25, 0.3) is 126 Å². The zero-order chi connectivity index (χ0) is 67.5. The molecule has 0 aliphatic heterocycles. The molecule has 0 fully saturated rings. The van der Waals surface area contributed by atoms with Crippen LogP contribution in [0.4, 0.5) is 5.69 Å². The lowest BCUT2D eigenvalue weighted by atomic mass is 9.88. The first-order chi connectivity index (χ1) is 48.1. The number of hydrogen-bond donors (Lipinski definition) is 0. The largest absolute Gasteiger partial charge is 0.268 e. The van der Waals surface area contributed by atoms with Gasteiger partial charge in [-0.05, 0) is 138 Å². The van der Waals surface area contributed by atoms with E-state index in [9.17, 15) is 14.9 Å². The lowest BCUT2D eigenvalue weighted by Gasteiger charge is -2.16. The Labute approximate surface area is 568 Å². The zero-order valence-electron chi connectivity index (χ0n) is 54.7. The van der Waals surface area contributed by atoms with Gasteiger partial charge in [-0.2, -0.15) is 5.26 Å². The van der Waals surface area contributed by atoms with Crippen LogP contribution in [0.15, 0.2) is 337 Å². The molecule has 468 valence electrons. The van der Waals surface area contributed by atoms with Gasteiger partial charge in [-0.15, -0.1) is 0 Å². The summed E-state index contributed by atoms with van der Waals surface area (Å²) in [6.07, 6.45) is 0. The number of benzene rings is 14. The van der Waals surface area contributed by atoms with Gasteiger partial charge in [-0.25, -0.2) is 14.8 Å². The minimum absolute atomic E-state index is 0.102.